The maximum atomic E-state index is 13.9. The minimum Gasteiger partial charge on any atom is -0.309 e. The van der Waals surface area contributed by atoms with Crippen LogP contribution in [-0.2, 0) is 12.8 Å². The molecule has 0 amide bonds. The van der Waals surface area contributed by atoms with Gasteiger partial charge in [-0.05, 0) is 62.4 Å². The zero-order chi connectivity index (χ0) is 23.2. The Kier molecular flexibility index (Phi) is 5.34. The molecule has 0 saturated heterocycles. The largest absolute Gasteiger partial charge is 0.309 e. The number of rotatable bonds is 4. The number of H-pyrrole nitrogens is 1. The number of aryl methyl sites for hydroxylation is 2. The topological polar surface area (TPSA) is 80.6 Å². The molecule has 0 radical (unpaired) electrons. The standard InChI is InChI=1S/C26H22N4O2S2/c1-15(22-27-19-13-7-5-11-17(19)23(31)28-22)33-26-29-24-21(18-12-6-8-14-20(18)34-24)25(32)30(26)16-9-3-2-4-10-16/h2-5,7,9-11,13,15H,6,8,12,14H2,1H3,(H,27,28,31). The number of aromatic nitrogens is 4. The van der Waals surface area contributed by atoms with Crippen LogP contribution in [0, 0.1) is 0 Å². The first-order valence-electron chi connectivity index (χ1n) is 11.4. The van der Waals surface area contributed by atoms with Crippen molar-refractivity contribution in [1.29, 1.82) is 0 Å². The highest BCUT2D eigenvalue weighted by atomic mass is 32.2. The Morgan fingerprint density at radius 3 is 2.62 bits per heavy atom. The molecule has 1 atom stereocenters. The zero-order valence-corrected chi connectivity index (χ0v) is 20.2. The summed E-state index contributed by atoms with van der Waals surface area (Å²) in [5.41, 5.74) is 2.43. The summed E-state index contributed by atoms with van der Waals surface area (Å²) in [6.45, 7) is 1.98. The lowest BCUT2D eigenvalue weighted by atomic mass is 9.97. The molecule has 1 aliphatic rings. The van der Waals surface area contributed by atoms with Crippen LogP contribution in [0.3, 0.4) is 0 Å². The number of nitrogens with zero attached hydrogens (tertiary/aromatic N) is 3. The van der Waals surface area contributed by atoms with Gasteiger partial charge in [-0.25, -0.2) is 9.97 Å². The average molecular weight is 487 g/mol. The van der Waals surface area contributed by atoms with Gasteiger partial charge in [-0.1, -0.05) is 42.1 Å². The van der Waals surface area contributed by atoms with Crippen LogP contribution in [0.1, 0.15) is 41.3 Å². The van der Waals surface area contributed by atoms with Gasteiger partial charge in [0.05, 0.1) is 27.2 Å². The summed E-state index contributed by atoms with van der Waals surface area (Å²) >= 11 is 3.08. The number of hydrogen-bond donors (Lipinski definition) is 1. The van der Waals surface area contributed by atoms with E-state index >= 15 is 0 Å². The van der Waals surface area contributed by atoms with Crippen LogP contribution < -0.4 is 11.1 Å². The second kappa shape index (κ2) is 8.52. The lowest BCUT2D eigenvalue weighted by Crippen LogP contribution is -2.22. The highest BCUT2D eigenvalue weighted by Gasteiger charge is 2.24. The predicted molar refractivity (Wildman–Crippen MR) is 138 cm³/mol. The van der Waals surface area contributed by atoms with E-state index in [0.717, 1.165) is 41.6 Å². The van der Waals surface area contributed by atoms with E-state index in [9.17, 15) is 9.59 Å². The highest BCUT2D eigenvalue weighted by Crippen LogP contribution is 2.38. The molecule has 0 spiro atoms. The van der Waals surface area contributed by atoms with Crippen LogP contribution in [0.25, 0.3) is 26.8 Å². The van der Waals surface area contributed by atoms with E-state index in [4.69, 9.17) is 4.98 Å². The lowest BCUT2D eigenvalue weighted by molar-refractivity contribution is 0.699. The second-order valence-corrected chi connectivity index (χ2v) is 10.9. The fourth-order valence-corrected chi connectivity index (χ4v) is 6.87. The van der Waals surface area contributed by atoms with E-state index in [-0.39, 0.29) is 16.4 Å². The van der Waals surface area contributed by atoms with Crippen molar-refractivity contribution < 1.29 is 0 Å². The SMILES string of the molecule is CC(Sc1nc2sc3c(c2c(=O)n1-c1ccccc1)CCCC3)c1nc2ccccc2c(=O)[nH]1. The van der Waals surface area contributed by atoms with Crippen molar-refractivity contribution in [3.63, 3.8) is 0 Å². The minimum atomic E-state index is -0.216. The van der Waals surface area contributed by atoms with E-state index in [1.165, 1.54) is 22.2 Å². The van der Waals surface area contributed by atoms with E-state index in [1.807, 2.05) is 55.5 Å². The van der Waals surface area contributed by atoms with Crippen LogP contribution >= 0.6 is 23.1 Å². The fraction of sp³-hybridized carbons (Fsp3) is 0.231. The molecule has 0 fully saturated rings. The van der Waals surface area contributed by atoms with Crippen molar-refractivity contribution in [3.05, 3.63) is 91.6 Å². The van der Waals surface area contributed by atoms with Crippen LogP contribution in [0.2, 0.25) is 0 Å². The molecule has 5 aromatic rings. The van der Waals surface area contributed by atoms with Crippen molar-refractivity contribution in [3.8, 4) is 5.69 Å². The Hall–Kier alpha value is -3.23. The molecule has 170 valence electrons. The number of thiophene rings is 1. The number of thioether (sulfide) groups is 1. The molecule has 34 heavy (non-hydrogen) atoms. The Labute approximate surface area is 203 Å². The number of fused-ring (bicyclic) bond motifs is 4. The first kappa shape index (κ1) is 21.3. The maximum absolute atomic E-state index is 13.9. The van der Waals surface area contributed by atoms with E-state index in [2.05, 4.69) is 9.97 Å². The maximum Gasteiger partial charge on any atom is 0.267 e. The Morgan fingerprint density at radius 2 is 1.76 bits per heavy atom. The summed E-state index contributed by atoms with van der Waals surface area (Å²) in [6, 6.07) is 17.0. The van der Waals surface area contributed by atoms with Gasteiger partial charge in [0.15, 0.2) is 5.16 Å². The lowest BCUT2D eigenvalue weighted by Gasteiger charge is -2.16. The molecule has 3 aromatic heterocycles. The van der Waals surface area contributed by atoms with Crippen molar-refractivity contribution >= 4 is 44.2 Å². The third kappa shape index (κ3) is 3.58. The van der Waals surface area contributed by atoms with Gasteiger partial charge in [-0.15, -0.1) is 11.3 Å². The monoisotopic (exact) mass is 486 g/mol. The molecule has 3 heterocycles. The summed E-state index contributed by atoms with van der Waals surface area (Å²) in [6.07, 6.45) is 4.22. The van der Waals surface area contributed by atoms with Gasteiger partial charge in [0.1, 0.15) is 10.7 Å². The average Bonchev–Trinajstić information content (AvgIpc) is 3.23. The Bertz CT molecular complexity index is 1650. The molecule has 1 N–H and O–H groups in total. The Morgan fingerprint density at radius 1 is 1.00 bits per heavy atom. The van der Waals surface area contributed by atoms with Crippen molar-refractivity contribution in [2.45, 2.75) is 43.0 Å². The third-order valence-corrected chi connectivity index (χ3v) is 8.52. The molecule has 8 heteroatoms. The van der Waals surface area contributed by atoms with Crippen LogP contribution in [0.15, 0.2) is 69.3 Å². The molecule has 2 aromatic carbocycles. The first-order chi connectivity index (χ1) is 16.6. The molecule has 6 rings (SSSR count). The number of aromatic amines is 1. The normalized spacial score (nSPS) is 14.4. The minimum absolute atomic E-state index is 0.0229. The summed E-state index contributed by atoms with van der Waals surface area (Å²) < 4.78 is 1.71. The molecule has 0 bridgehead atoms. The van der Waals surface area contributed by atoms with Gasteiger partial charge in [0.25, 0.3) is 11.1 Å². The van der Waals surface area contributed by atoms with E-state index in [0.29, 0.717) is 21.9 Å². The van der Waals surface area contributed by atoms with Gasteiger partial charge in [0.2, 0.25) is 0 Å². The van der Waals surface area contributed by atoms with E-state index < -0.39 is 0 Å². The number of benzene rings is 2. The smallest absolute Gasteiger partial charge is 0.267 e. The van der Waals surface area contributed by atoms with Gasteiger partial charge in [-0.3, -0.25) is 14.2 Å². The molecule has 1 aliphatic carbocycles. The molecular weight excluding hydrogens is 464 g/mol. The van der Waals surface area contributed by atoms with Gasteiger partial charge >= 0.3 is 0 Å². The van der Waals surface area contributed by atoms with Gasteiger partial charge in [0, 0.05) is 4.88 Å². The zero-order valence-electron chi connectivity index (χ0n) is 18.6. The molecule has 6 nitrogen and oxygen atoms in total. The highest BCUT2D eigenvalue weighted by molar-refractivity contribution is 7.99. The van der Waals surface area contributed by atoms with Crippen LogP contribution in [-0.4, -0.2) is 19.5 Å². The molecule has 0 aliphatic heterocycles. The molecule has 1 unspecified atom stereocenters. The van der Waals surface area contributed by atoms with Crippen molar-refractivity contribution in [2.75, 3.05) is 0 Å². The Balaban J connectivity index is 1.51. The summed E-state index contributed by atoms with van der Waals surface area (Å²) in [5, 5.41) is 1.71. The van der Waals surface area contributed by atoms with Crippen LogP contribution in [0.4, 0.5) is 0 Å². The molecular formula is C26H22N4O2S2. The van der Waals surface area contributed by atoms with Gasteiger partial charge < -0.3 is 4.98 Å². The fourth-order valence-electron chi connectivity index (χ4n) is 4.58. The first-order valence-corrected chi connectivity index (χ1v) is 13.1. The third-order valence-electron chi connectivity index (χ3n) is 6.27. The number of para-hydroxylation sites is 2. The van der Waals surface area contributed by atoms with Crippen molar-refractivity contribution in [2.24, 2.45) is 0 Å². The number of nitrogens with one attached hydrogen (secondary N) is 1. The van der Waals surface area contributed by atoms with Crippen LogP contribution in [0.5, 0.6) is 0 Å². The van der Waals surface area contributed by atoms with Crippen molar-refractivity contribution in [1.82, 2.24) is 19.5 Å². The number of hydrogen-bond acceptors (Lipinski definition) is 6. The predicted octanol–water partition coefficient (Wildman–Crippen LogP) is 5.42. The summed E-state index contributed by atoms with van der Waals surface area (Å²) in [7, 11) is 0. The van der Waals surface area contributed by atoms with E-state index in [1.54, 1.807) is 22.0 Å². The molecule has 0 saturated carbocycles. The van der Waals surface area contributed by atoms with Gasteiger partial charge in [-0.2, -0.15) is 0 Å². The summed E-state index contributed by atoms with van der Waals surface area (Å²) in [4.78, 5) is 41.2. The quantitative estimate of drug-likeness (QED) is 0.271. The second-order valence-electron chi connectivity index (χ2n) is 8.49. The summed E-state index contributed by atoms with van der Waals surface area (Å²) in [5.74, 6) is 0.563.